The second kappa shape index (κ2) is 4.76. The first-order chi connectivity index (χ1) is 9.08. The fraction of sp³-hybridized carbons (Fsp3) is 0.500. The molecule has 0 radical (unpaired) electrons. The molecule has 102 valence electrons. The highest BCUT2D eigenvalue weighted by atomic mass is 35.5. The summed E-state index contributed by atoms with van der Waals surface area (Å²) >= 11 is 5.84. The van der Waals surface area contributed by atoms with Gasteiger partial charge in [0.15, 0.2) is 0 Å². The van der Waals surface area contributed by atoms with Crippen LogP contribution in [-0.2, 0) is 4.79 Å². The first-order valence-electron chi connectivity index (χ1n) is 6.59. The molecule has 0 spiro atoms. The molecule has 3 nitrogen and oxygen atoms in total. The van der Waals surface area contributed by atoms with Crippen LogP contribution in [0.5, 0.6) is 0 Å². The summed E-state index contributed by atoms with van der Waals surface area (Å²) in [5, 5.41) is 0.0819. The summed E-state index contributed by atoms with van der Waals surface area (Å²) < 4.78 is 13.3. The van der Waals surface area contributed by atoms with Crippen molar-refractivity contribution in [2.75, 3.05) is 0 Å². The Morgan fingerprint density at radius 2 is 2.05 bits per heavy atom. The summed E-state index contributed by atoms with van der Waals surface area (Å²) in [5.74, 6) is -0.297. The van der Waals surface area contributed by atoms with Crippen molar-refractivity contribution in [3.05, 3.63) is 34.6 Å². The summed E-state index contributed by atoms with van der Waals surface area (Å²) in [5.41, 5.74) is 7.02. The van der Waals surface area contributed by atoms with Gasteiger partial charge in [-0.3, -0.25) is 4.79 Å². The first kappa shape index (κ1) is 12.9. The molecule has 2 fully saturated rings. The van der Waals surface area contributed by atoms with Gasteiger partial charge in [-0.15, -0.1) is 0 Å². The second-order valence-electron chi connectivity index (χ2n) is 5.35. The quantitative estimate of drug-likeness (QED) is 0.906. The van der Waals surface area contributed by atoms with Crippen LogP contribution < -0.4 is 5.73 Å². The average Bonchev–Trinajstić information content (AvgIpc) is 3.19. The van der Waals surface area contributed by atoms with Crippen LogP contribution in [0, 0.1) is 5.82 Å². The normalized spacial score (nSPS) is 27.7. The molecule has 1 aliphatic carbocycles. The number of likely N-dealkylation sites (tertiary alicyclic amines) is 1. The van der Waals surface area contributed by atoms with Gasteiger partial charge < -0.3 is 10.6 Å². The fourth-order valence-corrected chi connectivity index (χ4v) is 3.02. The highest BCUT2D eigenvalue weighted by Gasteiger charge is 2.43. The van der Waals surface area contributed by atoms with Crippen LogP contribution in [0.4, 0.5) is 4.39 Å². The van der Waals surface area contributed by atoms with Gasteiger partial charge in [0.2, 0.25) is 5.91 Å². The van der Waals surface area contributed by atoms with E-state index in [1.165, 1.54) is 6.07 Å². The Hall–Kier alpha value is -1.13. The molecule has 2 aliphatic rings. The number of halogens is 2. The Labute approximate surface area is 116 Å². The van der Waals surface area contributed by atoms with Crippen molar-refractivity contribution >= 4 is 17.5 Å². The molecule has 0 bridgehead atoms. The molecule has 1 saturated heterocycles. The third kappa shape index (κ3) is 2.35. The molecule has 5 heteroatoms. The lowest BCUT2D eigenvalue weighted by molar-refractivity contribution is -0.138. The molecule has 0 aromatic heterocycles. The van der Waals surface area contributed by atoms with E-state index in [-0.39, 0.29) is 23.0 Å². The van der Waals surface area contributed by atoms with Gasteiger partial charge >= 0.3 is 0 Å². The van der Waals surface area contributed by atoms with Crippen molar-refractivity contribution in [2.45, 2.75) is 43.8 Å². The smallest absolute Gasteiger partial charge is 0.223 e. The number of hydrogen-bond acceptors (Lipinski definition) is 2. The zero-order chi connectivity index (χ0) is 13.6. The van der Waals surface area contributed by atoms with Gasteiger partial charge in [0.25, 0.3) is 0 Å². The van der Waals surface area contributed by atoms with Crippen molar-refractivity contribution in [2.24, 2.45) is 5.73 Å². The molecule has 2 unspecified atom stereocenters. The van der Waals surface area contributed by atoms with Crippen LogP contribution in [0.3, 0.4) is 0 Å². The van der Waals surface area contributed by atoms with E-state index >= 15 is 0 Å². The highest BCUT2D eigenvalue weighted by molar-refractivity contribution is 6.30. The molecule has 1 amide bonds. The minimum absolute atomic E-state index is 0.0819. The summed E-state index contributed by atoms with van der Waals surface area (Å²) in [6.07, 6.45) is 3.23. The van der Waals surface area contributed by atoms with Gasteiger partial charge in [-0.25, -0.2) is 4.39 Å². The third-order valence-electron chi connectivity index (χ3n) is 3.91. The van der Waals surface area contributed by atoms with Gasteiger partial charge in [0, 0.05) is 18.5 Å². The van der Waals surface area contributed by atoms with Gasteiger partial charge in [-0.1, -0.05) is 17.7 Å². The summed E-state index contributed by atoms with van der Waals surface area (Å²) in [6, 6.07) is 4.63. The zero-order valence-corrected chi connectivity index (χ0v) is 11.2. The topological polar surface area (TPSA) is 46.3 Å². The molecular formula is C14H16ClFN2O. The Morgan fingerprint density at radius 3 is 2.68 bits per heavy atom. The Kier molecular flexibility index (Phi) is 3.23. The summed E-state index contributed by atoms with van der Waals surface area (Å²) in [6.45, 7) is 0. The molecule has 1 heterocycles. The molecular weight excluding hydrogens is 267 g/mol. The minimum Gasteiger partial charge on any atom is -0.331 e. The van der Waals surface area contributed by atoms with Crippen LogP contribution in [0.2, 0.25) is 5.02 Å². The maximum atomic E-state index is 13.3. The SMILES string of the molecule is NC1CCC(=O)N(C2CC2)C1c1ccc(F)c(Cl)c1. The number of rotatable bonds is 2. The monoisotopic (exact) mass is 282 g/mol. The van der Waals surface area contributed by atoms with Crippen LogP contribution >= 0.6 is 11.6 Å². The number of piperidine rings is 1. The molecule has 1 saturated carbocycles. The second-order valence-corrected chi connectivity index (χ2v) is 5.76. The molecule has 1 aromatic rings. The van der Waals surface area contributed by atoms with Crippen molar-refractivity contribution in [3.63, 3.8) is 0 Å². The number of hydrogen-bond donors (Lipinski definition) is 1. The van der Waals surface area contributed by atoms with Crippen molar-refractivity contribution in [1.29, 1.82) is 0 Å². The van der Waals surface area contributed by atoms with Gasteiger partial charge in [-0.2, -0.15) is 0 Å². The number of amides is 1. The van der Waals surface area contributed by atoms with E-state index in [1.807, 2.05) is 4.90 Å². The average molecular weight is 283 g/mol. The van der Waals surface area contributed by atoms with E-state index in [0.717, 1.165) is 18.4 Å². The number of nitrogens with zero attached hydrogens (tertiary/aromatic N) is 1. The van der Waals surface area contributed by atoms with Crippen molar-refractivity contribution in [3.8, 4) is 0 Å². The molecule has 1 aliphatic heterocycles. The zero-order valence-electron chi connectivity index (χ0n) is 10.5. The lowest BCUT2D eigenvalue weighted by Gasteiger charge is -2.40. The Balaban J connectivity index is 1.97. The highest BCUT2D eigenvalue weighted by Crippen LogP contribution is 2.40. The Bertz CT molecular complexity index is 518. The fourth-order valence-electron chi connectivity index (χ4n) is 2.83. The van der Waals surface area contributed by atoms with E-state index in [1.54, 1.807) is 12.1 Å². The maximum absolute atomic E-state index is 13.3. The first-order valence-corrected chi connectivity index (χ1v) is 6.97. The predicted octanol–water partition coefficient (Wildman–Crippen LogP) is 2.63. The van der Waals surface area contributed by atoms with Crippen LogP contribution in [0.1, 0.15) is 37.3 Å². The van der Waals surface area contributed by atoms with E-state index in [2.05, 4.69) is 0 Å². The number of benzene rings is 1. The van der Waals surface area contributed by atoms with E-state index in [0.29, 0.717) is 18.9 Å². The molecule has 3 rings (SSSR count). The third-order valence-corrected chi connectivity index (χ3v) is 4.20. The minimum atomic E-state index is -0.445. The molecule has 19 heavy (non-hydrogen) atoms. The van der Waals surface area contributed by atoms with Gasteiger partial charge in [0.1, 0.15) is 5.82 Å². The molecule has 2 atom stereocenters. The van der Waals surface area contributed by atoms with Gasteiger partial charge in [-0.05, 0) is 37.0 Å². The van der Waals surface area contributed by atoms with Crippen molar-refractivity contribution < 1.29 is 9.18 Å². The summed E-state index contributed by atoms with van der Waals surface area (Å²) in [4.78, 5) is 14.0. The number of carbonyl (C=O) groups excluding carboxylic acids is 1. The molecule has 2 N–H and O–H groups in total. The van der Waals surface area contributed by atoms with E-state index in [9.17, 15) is 9.18 Å². The van der Waals surface area contributed by atoms with E-state index < -0.39 is 5.82 Å². The van der Waals surface area contributed by atoms with Crippen molar-refractivity contribution in [1.82, 2.24) is 4.90 Å². The van der Waals surface area contributed by atoms with Gasteiger partial charge in [0.05, 0.1) is 11.1 Å². The van der Waals surface area contributed by atoms with Crippen LogP contribution in [-0.4, -0.2) is 22.9 Å². The predicted molar refractivity (Wildman–Crippen MR) is 71.2 cm³/mol. The van der Waals surface area contributed by atoms with E-state index in [4.69, 9.17) is 17.3 Å². The standard InChI is InChI=1S/C14H16ClFN2O/c15-10-7-8(1-4-11(10)16)14-12(17)5-6-13(19)18(14)9-2-3-9/h1,4,7,9,12,14H,2-3,5-6,17H2. The Morgan fingerprint density at radius 1 is 1.32 bits per heavy atom. The number of nitrogens with two attached hydrogens (primary N) is 1. The molecule has 1 aromatic carbocycles. The lowest BCUT2D eigenvalue weighted by Crippen LogP contribution is -2.49. The largest absolute Gasteiger partial charge is 0.331 e. The van der Waals surface area contributed by atoms with Crippen LogP contribution in [0.15, 0.2) is 18.2 Å². The van der Waals surface area contributed by atoms with Crippen LogP contribution in [0.25, 0.3) is 0 Å². The lowest BCUT2D eigenvalue weighted by atomic mass is 9.90. The maximum Gasteiger partial charge on any atom is 0.223 e. The number of carbonyl (C=O) groups is 1. The summed E-state index contributed by atoms with van der Waals surface area (Å²) in [7, 11) is 0.